The van der Waals surface area contributed by atoms with Crippen LogP contribution >= 0.6 is 11.8 Å². The molecular weight excluding hydrogens is 268 g/mol. The molecule has 0 heterocycles. The van der Waals surface area contributed by atoms with Gasteiger partial charge in [-0.2, -0.15) is 0 Å². The predicted octanol–water partition coefficient (Wildman–Crippen LogP) is 5.70. The van der Waals surface area contributed by atoms with Gasteiger partial charge < -0.3 is 4.43 Å². The van der Waals surface area contributed by atoms with Crippen LogP contribution in [0.25, 0.3) is 0 Å². The molecule has 19 heavy (non-hydrogen) atoms. The van der Waals surface area contributed by atoms with Gasteiger partial charge in [0.05, 0.1) is 6.10 Å². The van der Waals surface area contributed by atoms with Crippen LogP contribution in [0, 0.1) is 0 Å². The van der Waals surface area contributed by atoms with Crippen molar-refractivity contribution in [3.8, 4) is 0 Å². The minimum Gasteiger partial charge on any atom is -0.411 e. The van der Waals surface area contributed by atoms with Gasteiger partial charge in [-0.15, -0.1) is 0 Å². The van der Waals surface area contributed by atoms with Crippen LogP contribution in [0.3, 0.4) is 0 Å². The first-order valence-electron chi connectivity index (χ1n) is 6.78. The molecule has 3 heteroatoms. The van der Waals surface area contributed by atoms with Crippen molar-refractivity contribution in [1.82, 2.24) is 0 Å². The van der Waals surface area contributed by atoms with Crippen LogP contribution in [0.5, 0.6) is 0 Å². The first-order chi connectivity index (χ1) is 8.72. The molecule has 1 nitrogen and oxygen atoms in total. The molecular formula is C16H26OSSi. The van der Waals surface area contributed by atoms with E-state index in [0.717, 1.165) is 0 Å². The zero-order chi connectivity index (χ0) is 14.5. The van der Waals surface area contributed by atoms with Gasteiger partial charge in [0.1, 0.15) is 0 Å². The molecule has 0 bridgehead atoms. The van der Waals surface area contributed by atoms with E-state index in [9.17, 15) is 0 Å². The normalized spacial score (nSPS) is 14.8. The molecule has 1 aromatic rings. The maximum Gasteiger partial charge on any atom is 0.192 e. The molecule has 0 saturated heterocycles. The Morgan fingerprint density at radius 1 is 1.16 bits per heavy atom. The minimum absolute atomic E-state index is 0.178. The molecule has 0 fully saturated rings. The van der Waals surface area contributed by atoms with Gasteiger partial charge in [-0.25, -0.2) is 0 Å². The molecule has 0 N–H and O–H groups in total. The summed E-state index contributed by atoms with van der Waals surface area (Å²) in [6, 6.07) is 10.4. The van der Waals surface area contributed by atoms with Crippen molar-refractivity contribution in [2.75, 3.05) is 0 Å². The molecule has 1 rings (SSSR count). The van der Waals surface area contributed by atoms with Crippen molar-refractivity contribution in [2.24, 2.45) is 0 Å². The van der Waals surface area contributed by atoms with E-state index in [1.165, 1.54) is 4.90 Å². The standard InChI is InChI=1S/C16H26OSSi/c1-14(17-19(5,6)16(2,3)4)12-13-18-15-10-8-7-9-11-15/h7-14H,1-6H3. The second kappa shape index (κ2) is 6.78. The highest BCUT2D eigenvalue weighted by Crippen LogP contribution is 2.37. The molecule has 1 aromatic carbocycles. The summed E-state index contributed by atoms with van der Waals surface area (Å²) >= 11 is 1.74. The van der Waals surface area contributed by atoms with Crippen LogP contribution in [0.15, 0.2) is 46.7 Å². The van der Waals surface area contributed by atoms with Gasteiger partial charge in [-0.3, -0.25) is 0 Å². The summed E-state index contributed by atoms with van der Waals surface area (Å²) in [4.78, 5) is 1.26. The Morgan fingerprint density at radius 3 is 2.26 bits per heavy atom. The van der Waals surface area contributed by atoms with E-state index in [-0.39, 0.29) is 11.1 Å². The monoisotopic (exact) mass is 294 g/mol. The van der Waals surface area contributed by atoms with E-state index in [4.69, 9.17) is 4.43 Å². The fraction of sp³-hybridized carbons (Fsp3) is 0.500. The van der Waals surface area contributed by atoms with E-state index in [1.54, 1.807) is 11.8 Å². The van der Waals surface area contributed by atoms with Crippen LogP contribution in [0.2, 0.25) is 18.1 Å². The summed E-state index contributed by atoms with van der Waals surface area (Å²) in [5.41, 5.74) is 0. The van der Waals surface area contributed by atoms with Gasteiger partial charge >= 0.3 is 0 Å². The topological polar surface area (TPSA) is 9.23 Å². The summed E-state index contributed by atoms with van der Waals surface area (Å²) in [5.74, 6) is 0. The fourth-order valence-electron chi connectivity index (χ4n) is 1.41. The lowest BCUT2D eigenvalue weighted by molar-refractivity contribution is 0.243. The fourth-order valence-corrected chi connectivity index (χ4v) is 3.54. The molecule has 1 atom stereocenters. The van der Waals surface area contributed by atoms with Gasteiger partial charge in [0.2, 0.25) is 0 Å². The highest BCUT2D eigenvalue weighted by atomic mass is 32.2. The Hall–Kier alpha value is -0.513. The average Bonchev–Trinajstić information content (AvgIpc) is 2.28. The summed E-state index contributed by atoms with van der Waals surface area (Å²) in [6.45, 7) is 13.5. The molecule has 0 aliphatic carbocycles. The summed E-state index contributed by atoms with van der Waals surface area (Å²) in [6.07, 6.45) is 2.33. The van der Waals surface area contributed by atoms with Gasteiger partial charge in [0, 0.05) is 4.90 Å². The highest BCUT2D eigenvalue weighted by Gasteiger charge is 2.37. The molecule has 0 radical (unpaired) electrons. The van der Waals surface area contributed by atoms with Gasteiger partial charge in [0.25, 0.3) is 0 Å². The molecule has 0 aliphatic heterocycles. The molecule has 0 saturated carbocycles. The summed E-state index contributed by atoms with van der Waals surface area (Å²) in [5, 5.41) is 2.40. The molecule has 0 amide bonds. The van der Waals surface area contributed by atoms with Gasteiger partial charge in [0.15, 0.2) is 8.32 Å². The number of benzene rings is 1. The molecule has 1 unspecified atom stereocenters. The second-order valence-corrected chi connectivity index (χ2v) is 12.1. The quantitative estimate of drug-likeness (QED) is 0.508. The van der Waals surface area contributed by atoms with Crippen LogP contribution in [0.4, 0.5) is 0 Å². The van der Waals surface area contributed by atoms with E-state index in [1.807, 2.05) is 6.07 Å². The first-order valence-corrected chi connectivity index (χ1v) is 10.6. The lowest BCUT2D eigenvalue weighted by Gasteiger charge is -2.37. The Bertz CT molecular complexity index is 407. The Labute approximate surface area is 123 Å². The third-order valence-electron chi connectivity index (χ3n) is 3.58. The van der Waals surface area contributed by atoms with Gasteiger partial charge in [-0.05, 0) is 42.6 Å². The molecule has 0 spiro atoms. The first kappa shape index (κ1) is 16.5. The predicted molar refractivity (Wildman–Crippen MR) is 89.2 cm³/mol. The zero-order valence-electron chi connectivity index (χ0n) is 12.9. The second-order valence-electron chi connectivity index (χ2n) is 6.34. The number of hydrogen-bond donors (Lipinski definition) is 0. The van der Waals surface area contributed by atoms with Crippen LogP contribution < -0.4 is 0 Å². The third kappa shape index (κ3) is 5.55. The Kier molecular flexibility index (Phi) is 5.90. The maximum absolute atomic E-state index is 6.28. The lowest BCUT2D eigenvalue weighted by Crippen LogP contribution is -2.42. The smallest absolute Gasteiger partial charge is 0.192 e. The van der Waals surface area contributed by atoms with Crippen LogP contribution in [-0.4, -0.2) is 14.4 Å². The SMILES string of the molecule is CC(C=CSc1ccccc1)O[Si](C)(C)C(C)(C)C. The Morgan fingerprint density at radius 2 is 1.74 bits per heavy atom. The molecule has 0 aliphatic rings. The number of thioether (sulfide) groups is 1. The van der Waals surface area contributed by atoms with Crippen molar-refractivity contribution < 1.29 is 4.43 Å². The Balaban J connectivity index is 2.50. The van der Waals surface area contributed by atoms with Crippen LogP contribution in [-0.2, 0) is 4.43 Å². The zero-order valence-corrected chi connectivity index (χ0v) is 14.8. The van der Waals surface area contributed by atoms with E-state index in [2.05, 4.69) is 76.5 Å². The van der Waals surface area contributed by atoms with E-state index < -0.39 is 8.32 Å². The van der Waals surface area contributed by atoms with Crippen molar-refractivity contribution in [3.63, 3.8) is 0 Å². The summed E-state index contributed by atoms with van der Waals surface area (Å²) in [7, 11) is -1.66. The number of rotatable bonds is 5. The van der Waals surface area contributed by atoms with E-state index in [0.29, 0.717) is 0 Å². The third-order valence-corrected chi connectivity index (χ3v) is 8.99. The summed E-state index contributed by atoms with van der Waals surface area (Å²) < 4.78 is 6.28. The number of hydrogen-bond acceptors (Lipinski definition) is 2. The lowest BCUT2D eigenvalue weighted by atomic mass is 10.2. The van der Waals surface area contributed by atoms with Crippen molar-refractivity contribution >= 4 is 20.1 Å². The highest BCUT2D eigenvalue weighted by molar-refractivity contribution is 8.02. The van der Waals surface area contributed by atoms with Crippen molar-refractivity contribution in [2.45, 2.75) is 56.8 Å². The van der Waals surface area contributed by atoms with Crippen molar-refractivity contribution in [3.05, 3.63) is 41.8 Å². The van der Waals surface area contributed by atoms with Crippen LogP contribution in [0.1, 0.15) is 27.7 Å². The average molecular weight is 295 g/mol. The largest absolute Gasteiger partial charge is 0.411 e. The van der Waals surface area contributed by atoms with E-state index >= 15 is 0 Å². The molecule has 106 valence electrons. The minimum atomic E-state index is -1.66. The van der Waals surface area contributed by atoms with Crippen molar-refractivity contribution in [1.29, 1.82) is 0 Å². The molecule has 0 aromatic heterocycles. The van der Waals surface area contributed by atoms with Gasteiger partial charge in [-0.1, -0.05) is 56.8 Å². The maximum atomic E-state index is 6.28.